The Kier molecular flexibility index (Phi) is 6.49. The first-order chi connectivity index (χ1) is 16.0. The van der Waals surface area contributed by atoms with Gasteiger partial charge in [0.2, 0.25) is 0 Å². The standard InChI is InChI=1S/C25H32ClN5OS/c1-29(2)18-9-13-30(15-18)25(10-4-3-5-11-25)17-28-23(32)19-16-31(24-27-12-14-33-24)21-8-6-7-20(26)22(19)21/h6-8,12,14,16,18H,3-5,9-11,13,15,17H2,1-2H3,(H,28,32)/t18-/m1/s1. The molecular formula is C25H32ClN5OS. The molecule has 1 aromatic carbocycles. The molecule has 1 aliphatic heterocycles. The van der Waals surface area contributed by atoms with Crippen molar-refractivity contribution in [2.75, 3.05) is 33.7 Å². The third-order valence-electron chi connectivity index (χ3n) is 7.58. The second kappa shape index (κ2) is 9.37. The summed E-state index contributed by atoms with van der Waals surface area (Å²) in [4.78, 5) is 23.0. The monoisotopic (exact) mass is 485 g/mol. The van der Waals surface area contributed by atoms with Gasteiger partial charge in [0.05, 0.1) is 16.1 Å². The summed E-state index contributed by atoms with van der Waals surface area (Å²) >= 11 is 8.13. The van der Waals surface area contributed by atoms with E-state index in [4.69, 9.17) is 11.6 Å². The molecule has 6 nitrogen and oxygen atoms in total. The maximum atomic E-state index is 13.5. The minimum Gasteiger partial charge on any atom is -0.350 e. The smallest absolute Gasteiger partial charge is 0.253 e. The van der Waals surface area contributed by atoms with Crippen LogP contribution in [0.4, 0.5) is 0 Å². The van der Waals surface area contributed by atoms with E-state index in [1.807, 2.05) is 34.3 Å². The highest BCUT2D eigenvalue weighted by Gasteiger charge is 2.42. The fourth-order valence-corrected chi connectivity index (χ4v) is 6.56. The summed E-state index contributed by atoms with van der Waals surface area (Å²) in [5.41, 5.74) is 1.57. The van der Waals surface area contributed by atoms with Gasteiger partial charge in [0.25, 0.3) is 5.91 Å². The predicted molar refractivity (Wildman–Crippen MR) is 136 cm³/mol. The van der Waals surface area contributed by atoms with Gasteiger partial charge in [-0.25, -0.2) is 4.98 Å². The highest BCUT2D eigenvalue weighted by molar-refractivity contribution is 7.12. The Balaban J connectivity index is 1.41. The van der Waals surface area contributed by atoms with Crippen molar-refractivity contribution in [3.05, 3.63) is 46.6 Å². The van der Waals surface area contributed by atoms with Gasteiger partial charge in [-0.15, -0.1) is 11.3 Å². The third-order valence-corrected chi connectivity index (χ3v) is 8.66. The van der Waals surface area contributed by atoms with Crippen molar-refractivity contribution in [2.45, 2.75) is 50.1 Å². The van der Waals surface area contributed by atoms with Crippen molar-refractivity contribution < 1.29 is 4.79 Å². The molecule has 0 unspecified atom stereocenters. The second-order valence-electron chi connectivity index (χ2n) is 9.68. The fourth-order valence-electron chi connectivity index (χ4n) is 5.66. The molecule has 0 radical (unpaired) electrons. The van der Waals surface area contributed by atoms with Crippen LogP contribution in [0.3, 0.4) is 0 Å². The lowest BCUT2D eigenvalue weighted by molar-refractivity contribution is 0.0608. The van der Waals surface area contributed by atoms with Gasteiger partial charge in [-0.05, 0) is 45.5 Å². The Labute approximate surface area is 204 Å². The van der Waals surface area contributed by atoms with Crippen molar-refractivity contribution in [2.24, 2.45) is 0 Å². The summed E-state index contributed by atoms with van der Waals surface area (Å²) < 4.78 is 1.97. The van der Waals surface area contributed by atoms with Crippen LogP contribution in [0, 0.1) is 0 Å². The van der Waals surface area contributed by atoms with E-state index in [0.29, 0.717) is 23.2 Å². The molecule has 1 amide bonds. The van der Waals surface area contributed by atoms with Gasteiger partial charge >= 0.3 is 0 Å². The Morgan fingerprint density at radius 3 is 2.82 bits per heavy atom. The average molecular weight is 486 g/mol. The van der Waals surface area contributed by atoms with Gasteiger partial charge in [-0.1, -0.05) is 36.9 Å². The minimum atomic E-state index is -0.0586. The van der Waals surface area contributed by atoms with Gasteiger partial charge in [-0.2, -0.15) is 0 Å². The van der Waals surface area contributed by atoms with Crippen molar-refractivity contribution in [3.8, 4) is 5.13 Å². The van der Waals surface area contributed by atoms with E-state index in [1.54, 1.807) is 17.5 Å². The average Bonchev–Trinajstić information content (AvgIpc) is 3.58. The van der Waals surface area contributed by atoms with Crippen LogP contribution in [0.15, 0.2) is 36.0 Å². The van der Waals surface area contributed by atoms with E-state index >= 15 is 0 Å². The quantitative estimate of drug-likeness (QED) is 0.544. The molecule has 1 N–H and O–H groups in total. The summed E-state index contributed by atoms with van der Waals surface area (Å²) in [7, 11) is 4.34. The van der Waals surface area contributed by atoms with E-state index in [9.17, 15) is 4.79 Å². The van der Waals surface area contributed by atoms with Crippen LogP contribution in [0.2, 0.25) is 5.02 Å². The molecule has 8 heteroatoms. The number of carbonyl (C=O) groups is 1. The van der Waals surface area contributed by atoms with Gasteiger partial charge in [-0.3, -0.25) is 14.3 Å². The molecule has 33 heavy (non-hydrogen) atoms. The van der Waals surface area contributed by atoms with Crippen molar-refractivity contribution in [1.29, 1.82) is 0 Å². The SMILES string of the molecule is CN(C)[C@@H]1CCN(C2(CNC(=O)c3cn(-c4nccs4)c4cccc(Cl)c34)CCCCC2)C1. The second-order valence-corrected chi connectivity index (χ2v) is 11.0. The van der Waals surface area contributed by atoms with Gasteiger partial charge in [0.1, 0.15) is 0 Å². The minimum absolute atomic E-state index is 0.0517. The van der Waals surface area contributed by atoms with Crippen LogP contribution < -0.4 is 5.32 Å². The summed E-state index contributed by atoms with van der Waals surface area (Å²) in [6, 6.07) is 6.35. The summed E-state index contributed by atoms with van der Waals surface area (Å²) in [6.45, 7) is 2.87. The topological polar surface area (TPSA) is 53.4 Å². The first-order valence-electron chi connectivity index (χ1n) is 11.9. The zero-order chi connectivity index (χ0) is 23.0. The molecule has 1 saturated carbocycles. The van der Waals surface area contributed by atoms with Crippen LogP contribution in [-0.2, 0) is 0 Å². The Bertz CT molecular complexity index is 1120. The molecule has 3 heterocycles. The first kappa shape index (κ1) is 22.8. The molecule has 5 rings (SSSR count). The Morgan fingerprint density at radius 1 is 1.30 bits per heavy atom. The molecule has 2 aromatic heterocycles. The maximum absolute atomic E-state index is 13.5. The molecule has 1 aliphatic carbocycles. The van der Waals surface area contributed by atoms with E-state index < -0.39 is 0 Å². The number of fused-ring (bicyclic) bond motifs is 1. The number of halogens is 1. The number of hydrogen-bond acceptors (Lipinski definition) is 5. The number of likely N-dealkylation sites (tertiary alicyclic amines) is 1. The number of hydrogen-bond donors (Lipinski definition) is 1. The van der Waals surface area contributed by atoms with Crippen LogP contribution in [0.1, 0.15) is 48.9 Å². The number of aromatic nitrogens is 2. The van der Waals surface area contributed by atoms with E-state index in [0.717, 1.165) is 42.0 Å². The fraction of sp³-hybridized carbons (Fsp3) is 0.520. The van der Waals surface area contributed by atoms with Gasteiger partial charge in [0.15, 0.2) is 5.13 Å². The van der Waals surface area contributed by atoms with Gasteiger partial charge in [0, 0.05) is 54.4 Å². The predicted octanol–water partition coefficient (Wildman–Crippen LogP) is 4.81. The van der Waals surface area contributed by atoms with E-state index in [-0.39, 0.29) is 11.4 Å². The Morgan fingerprint density at radius 2 is 2.12 bits per heavy atom. The number of rotatable bonds is 6. The van der Waals surface area contributed by atoms with Crippen LogP contribution in [0.25, 0.3) is 16.0 Å². The number of likely N-dealkylation sites (N-methyl/N-ethyl adjacent to an activating group) is 1. The van der Waals surface area contributed by atoms with Crippen LogP contribution >= 0.6 is 22.9 Å². The molecule has 1 atom stereocenters. The zero-order valence-electron chi connectivity index (χ0n) is 19.4. The van der Waals surface area contributed by atoms with Crippen molar-refractivity contribution >= 4 is 39.7 Å². The lowest BCUT2D eigenvalue weighted by Crippen LogP contribution is -2.56. The molecule has 176 valence electrons. The highest BCUT2D eigenvalue weighted by atomic mass is 35.5. The number of benzene rings is 1. The summed E-state index contributed by atoms with van der Waals surface area (Å²) in [6.07, 6.45) is 10.9. The molecule has 3 aromatic rings. The zero-order valence-corrected chi connectivity index (χ0v) is 21.0. The molecular weight excluding hydrogens is 454 g/mol. The first-order valence-corrected chi connectivity index (χ1v) is 13.1. The normalized spacial score (nSPS) is 21.2. The van der Waals surface area contributed by atoms with Gasteiger partial charge < -0.3 is 10.2 Å². The van der Waals surface area contributed by atoms with Crippen molar-refractivity contribution in [1.82, 2.24) is 24.7 Å². The largest absolute Gasteiger partial charge is 0.350 e. The number of nitrogens with zero attached hydrogens (tertiary/aromatic N) is 4. The lowest BCUT2D eigenvalue weighted by atomic mass is 9.80. The molecule has 2 fully saturated rings. The van der Waals surface area contributed by atoms with Crippen LogP contribution in [-0.4, -0.2) is 70.6 Å². The molecule has 2 aliphatic rings. The van der Waals surface area contributed by atoms with Crippen LogP contribution in [0.5, 0.6) is 0 Å². The Hall–Kier alpha value is -1.93. The van der Waals surface area contributed by atoms with Crippen molar-refractivity contribution in [3.63, 3.8) is 0 Å². The molecule has 0 spiro atoms. The maximum Gasteiger partial charge on any atom is 0.253 e. The summed E-state index contributed by atoms with van der Waals surface area (Å²) in [5.74, 6) is -0.0586. The molecule has 0 bridgehead atoms. The number of nitrogens with one attached hydrogen (secondary N) is 1. The highest BCUT2D eigenvalue weighted by Crippen LogP contribution is 2.37. The number of thiazole rings is 1. The number of carbonyl (C=O) groups excluding carboxylic acids is 1. The lowest BCUT2D eigenvalue weighted by Gasteiger charge is -2.45. The number of amides is 1. The molecule has 1 saturated heterocycles. The summed E-state index contributed by atoms with van der Waals surface area (Å²) in [5, 5.41) is 7.48. The van der Waals surface area contributed by atoms with E-state index in [1.165, 1.54) is 25.7 Å². The van der Waals surface area contributed by atoms with E-state index in [2.05, 4.69) is 34.2 Å². The third kappa shape index (κ3) is 4.32.